The molecule has 0 radical (unpaired) electrons. The first kappa shape index (κ1) is 14.6. The molecule has 4 nitrogen and oxygen atoms in total. The van der Waals surface area contributed by atoms with Crippen molar-refractivity contribution in [3.05, 3.63) is 77.5 Å². The summed E-state index contributed by atoms with van der Waals surface area (Å²) in [6.45, 7) is 0.426. The lowest BCUT2D eigenvalue weighted by Crippen LogP contribution is -2.30. The summed E-state index contributed by atoms with van der Waals surface area (Å²) >= 11 is 0. The summed E-state index contributed by atoms with van der Waals surface area (Å²) in [6, 6.07) is 17.1. The number of hydrogen-bond donors (Lipinski definition) is 0. The van der Waals surface area contributed by atoms with Gasteiger partial charge >= 0.3 is 0 Å². The maximum atomic E-state index is 12.4. The molecule has 4 heteroatoms. The Kier molecular flexibility index (Phi) is 3.58. The molecule has 2 aromatic carbocycles. The second-order valence-corrected chi connectivity index (χ2v) is 5.90. The van der Waals surface area contributed by atoms with Crippen molar-refractivity contribution in [2.45, 2.75) is 12.8 Å². The summed E-state index contributed by atoms with van der Waals surface area (Å²) in [4.78, 5) is 30.5. The number of hydrogen-bond acceptors (Lipinski definition) is 3. The van der Waals surface area contributed by atoms with Crippen molar-refractivity contribution in [3.8, 4) is 0 Å². The van der Waals surface area contributed by atoms with Crippen LogP contribution in [0.25, 0.3) is 10.9 Å². The molecule has 0 unspecified atom stereocenters. The minimum absolute atomic E-state index is 0.188. The van der Waals surface area contributed by atoms with Gasteiger partial charge in [-0.1, -0.05) is 36.4 Å². The van der Waals surface area contributed by atoms with Crippen LogP contribution in [0.5, 0.6) is 0 Å². The van der Waals surface area contributed by atoms with Crippen LogP contribution in [0.2, 0.25) is 0 Å². The standard InChI is InChI=1S/C20H16N2O2/c23-19-16-10-1-2-11-17(16)20(24)22(19)13-5-9-15-7-3-6-14-8-4-12-21-18(14)15/h1-4,6-8,10-12H,5,9,13H2. The second-order valence-electron chi connectivity index (χ2n) is 5.90. The Morgan fingerprint density at radius 3 is 2.29 bits per heavy atom. The van der Waals surface area contributed by atoms with Crippen LogP contribution < -0.4 is 0 Å². The number of imide groups is 1. The first-order valence-electron chi connectivity index (χ1n) is 8.03. The van der Waals surface area contributed by atoms with E-state index in [9.17, 15) is 9.59 Å². The van der Waals surface area contributed by atoms with Gasteiger partial charge < -0.3 is 0 Å². The van der Waals surface area contributed by atoms with Gasteiger partial charge in [0.05, 0.1) is 16.6 Å². The summed E-state index contributed by atoms with van der Waals surface area (Å²) in [5.74, 6) is -0.377. The smallest absolute Gasteiger partial charge is 0.261 e. The van der Waals surface area contributed by atoms with Crippen LogP contribution >= 0.6 is 0 Å². The minimum Gasteiger partial charge on any atom is -0.274 e. The maximum absolute atomic E-state index is 12.4. The summed E-state index contributed by atoms with van der Waals surface area (Å²) in [6.07, 6.45) is 3.29. The molecular weight excluding hydrogens is 300 g/mol. The first-order chi connectivity index (χ1) is 11.8. The van der Waals surface area contributed by atoms with E-state index in [-0.39, 0.29) is 11.8 Å². The highest BCUT2D eigenvalue weighted by molar-refractivity contribution is 6.21. The highest BCUT2D eigenvalue weighted by Crippen LogP contribution is 2.23. The van der Waals surface area contributed by atoms with Gasteiger partial charge in [-0.15, -0.1) is 0 Å². The molecule has 0 fully saturated rings. The number of fused-ring (bicyclic) bond motifs is 2. The molecular formula is C20H16N2O2. The fraction of sp³-hybridized carbons (Fsp3) is 0.150. The molecule has 24 heavy (non-hydrogen) atoms. The van der Waals surface area contributed by atoms with E-state index in [1.165, 1.54) is 4.90 Å². The molecule has 0 spiro atoms. The Hall–Kier alpha value is -3.01. The normalized spacial score (nSPS) is 13.6. The van der Waals surface area contributed by atoms with E-state index < -0.39 is 0 Å². The number of aromatic nitrogens is 1. The van der Waals surface area contributed by atoms with Crippen molar-refractivity contribution >= 4 is 22.7 Å². The largest absolute Gasteiger partial charge is 0.274 e. The third-order valence-corrected chi connectivity index (χ3v) is 4.42. The Balaban J connectivity index is 1.49. The van der Waals surface area contributed by atoms with Crippen molar-refractivity contribution in [1.82, 2.24) is 9.88 Å². The molecule has 4 rings (SSSR count). The van der Waals surface area contributed by atoms with Gasteiger partial charge in [-0.25, -0.2) is 0 Å². The van der Waals surface area contributed by atoms with E-state index >= 15 is 0 Å². The highest BCUT2D eigenvalue weighted by atomic mass is 16.2. The molecule has 0 bridgehead atoms. The molecule has 1 aromatic heterocycles. The van der Waals surface area contributed by atoms with E-state index in [0.29, 0.717) is 17.7 Å². The monoisotopic (exact) mass is 316 g/mol. The molecule has 2 heterocycles. The van der Waals surface area contributed by atoms with Crippen molar-refractivity contribution in [3.63, 3.8) is 0 Å². The zero-order valence-corrected chi connectivity index (χ0v) is 13.1. The van der Waals surface area contributed by atoms with Crippen LogP contribution in [0, 0.1) is 0 Å². The highest BCUT2D eigenvalue weighted by Gasteiger charge is 2.34. The second kappa shape index (κ2) is 5.89. The van der Waals surface area contributed by atoms with Crippen LogP contribution in [-0.4, -0.2) is 28.2 Å². The Bertz CT molecular complexity index is 909. The number of benzene rings is 2. The van der Waals surface area contributed by atoms with Gasteiger partial charge in [0.15, 0.2) is 0 Å². The SMILES string of the molecule is O=C1c2ccccc2C(=O)N1CCCc1cccc2cccnc12. The number of nitrogens with zero attached hydrogens (tertiary/aromatic N) is 2. The topological polar surface area (TPSA) is 50.3 Å². The van der Waals surface area contributed by atoms with E-state index in [1.807, 2.05) is 24.3 Å². The van der Waals surface area contributed by atoms with Crippen molar-refractivity contribution in [2.75, 3.05) is 6.54 Å². The van der Waals surface area contributed by atoms with Gasteiger partial charge in [0.25, 0.3) is 11.8 Å². The minimum atomic E-state index is -0.188. The molecule has 0 saturated carbocycles. The van der Waals surface area contributed by atoms with E-state index in [0.717, 1.165) is 29.3 Å². The maximum Gasteiger partial charge on any atom is 0.261 e. The number of aryl methyl sites for hydroxylation is 1. The van der Waals surface area contributed by atoms with Gasteiger partial charge in [0.2, 0.25) is 0 Å². The lowest BCUT2D eigenvalue weighted by atomic mass is 10.1. The molecule has 0 saturated heterocycles. The number of para-hydroxylation sites is 1. The Morgan fingerprint density at radius 1 is 0.833 bits per heavy atom. The van der Waals surface area contributed by atoms with E-state index in [1.54, 1.807) is 30.5 Å². The van der Waals surface area contributed by atoms with Crippen LogP contribution in [0.15, 0.2) is 60.8 Å². The fourth-order valence-electron chi connectivity index (χ4n) is 3.24. The van der Waals surface area contributed by atoms with Gasteiger partial charge in [0, 0.05) is 18.1 Å². The zero-order chi connectivity index (χ0) is 16.5. The average molecular weight is 316 g/mol. The third-order valence-electron chi connectivity index (χ3n) is 4.42. The van der Waals surface area contributed by atoms with Gasteiger partial charge in [-0.05, 0) is 36.6 Å². The number of carbonyl (C=O) groups is 2. The van der Waals surface area contributed by atoms with Gasteiger partial charge in [-0.2, -0.15) is 0 Å². The molecule has 118 valence electrons. The molecule has 1 aliphatic rings. The van der Waals surface area contributed by atoms with Crippen LogP contribution in [0.1, 0.15) is 32.7 Å². The first-order valence-corrected chi connectivity index (χ1v) is 8.03. The lowest BCUT2D eigenvalue weighted by Gasteiger charge is -2.14. The number of amides is 2. The van der Waals surface area contributed by atoms with Gasteiger partial charge in [-0.3, -0.25) is 19.5 Å². The van der Waals surface area contributed by atoms with Crippen molar-refractivity contribution in [1.29, 1.82) is 0 Å². The number of carbonyl (C=O) groups excluding carboxylic acids is 2. The number of rotatable bonds is 4. The van der Waals surface area contributed by atoms with Crippen molar-refractivity contribution < 1.29 is 9.59 Å². The molecule has 0 aliphatic carbocycles. The Morgan fingerprint density at radius 2 is 1.54 bits per heavy atom. The Labute approximate surface area is 139 Å². The fourth-order valence-corrected chi connectivity index (χ4v) is 3.24. The van der Waals surface area contributed by atoms with Crippen molar-refractivity contribution in [2.24, 2.45) is 0 Å². The molecule has 3 aromatic rings. The van der Waals surface area contributed by atoms with Crippen LogP contribution in [0.4, 0.5) is 0 Å². The molecule has 1 aliphatic heterocycles. The predicted octanol–water partition coefficient (Wildman–Crippen LogP) is 3.46. The summed E-state index contributed by atoms with van der Waals surface area (Å²) < 4.78 is 0. The summed E-state index contributed by atoms with van der Waals surface area (Å²) in [5.41, 5.74) is 3.15. The quantitative estimate of drug-likeness (QED) is 0.693. The zero-order valence-electron chi connectivity index (χ0n) is 13.1. The number of pyridine rings is 1. The van der Waals surface area contributed by atoms with E-state index in [2.05, 4.69) is 11.1 Å². The third kappa shape index (κ3) is 2.36. The lowest BCUT2D eigenvalue weighted by molar-refractivity contribution is 0.0652. The molecule has 0 N–H and O–H groups in total. The van der Waals surface area contributed by atoms with Crippen LogP contribution in [0.3, 0.4) is 0 Å². The predicted molar refractivity (Wildman–Crippen MR) is 91.9 cm³/mol. The summed E-state index contributed by atoms with van der Waals surface area (Å²) in [7, 11) is 0. The van der Waals surface area contributed by atoms with E-state index in [4.69, 9.17) is 0 Å². The van der Waals surface area contributed by atoms with Crippen LogP contribution in [-0.2, 0) is 6.42 Å². The van der Waals surface area contributed by atoms with Gasteiger partial charge in [0.1, 0.15) is 0 Å². The molecule has 2 amide bonds. The molecule has 0 atom stereocenters. The average Bonchev–Trinajstić information content (AvgIpc) is 2.87. The summed E-state index contributed by atoms with van der Waals surface area (Å²) in [5, 5.41) is 1.11.